The summed E-state index contributed by atoms with van der Waals surface area (Å²) >= 11 is 6.02. The Hall–Kier alpha value is -1.69. The largest absolute Gasteiger partial charge is 0.494 e. The summed E-state index contributed by atoms with van der Waals surface area (Å²) in [7, 11) is 1.40. The molecule has 2 aromatic rings. The van der Waals surface area contributed by atoms with Crippen LogP contribution in [0.1, 0.15) is 17.2 Å². The molecule has 112 valence electrons. The van der Waals surface area contributed by atoms with Gasteiger partial charge in [0, 0.05) is 5.02 Å². The molecule has 2 aromatic carbocycles. The normalized spacial score (nSPS) is 12.2. The van der Waals surface area contributed by atoms with Gasteiger partial charge in [0.25, 0.3) is 0 Å². The lowest BCUT2D eigenvalue weighted by Crippen LogP contribution is -2.29. The van der Waals surface area contributed by atoms with E-state index in [0.29, 0.717) is 12.0 Å². The van der Waals surface area contributed by atoms with E-state index in [-0.39, 0.29) is 16.8 Å². The second-order valence-corrected chi connectivity index (χ2v) is 4.97. The van der Waals surface area contributed by atoms with Crippen LogP contribution in [0.4, 0.5) is 8.78 Å². The number of rotatable bonds is 5. The first-order valence-corrected chi connectivity index (χ1v) is 6.66. The Morgan fingerprint density at radius 3 is 2.57 bits per heavy atom. The summed E-state index contributed by atoms with van der Waals surface area (Å²) in [5, 5.41) is 0.270. The van der Waals surface area contributed by atoms with Gasteiger partial charge < -0.3 is 4.74 Å². The third-order valence-corrected chi connectivity index (χ3v) is 3.52. The van der Waals surface area contributed by atoms with Crippen LogP contribution in [0, 0.1) is 11.6 Å². The fourth-order valence-electron chi connectivity index (χ4n) is 2.12. The molecule has 0 saturated heterocycles. The maximum absolute atomic E-state index is 13.7. The van der Waals surface area contributed by atoms with E-state index < -0.39 is 11.6 Å². The molecule has 3 nitrogen and oxygen atoms in total. The van der Waals surface area contributed by atoms with Crippen LogP contribution in [0.5, 0.6) is 5.75 Å². The molecular formula is C15H15ClF2N2O. The Labute approximate surface area is 126 Å². The van der Waals surface area contributed by atoms with Crippen LogP contribution in [0.2, 0.25) is 5.02 Å². The molecule has 21 heavy (non-hydrogen) atoms. The minimum Gasteiger partial charge on any atom is -0.494 e. The number of hydrogen-bond acceptors (Lipinski definition) is 3. The number of hydrogen-bond donors (Lipinski definition) is 2. The van der Waals surface area contributed by atoms with Gasteiger partial charge in [-0.1, -0.05) is 23.7 Å². The summed E-state index contributed by atoms with van der Waals surface area (Å²) in [6.45, 7) is 0. The van der Waals surface area contributed by atoms with Crippen molar-refractivity contribution in [2.45, 2.75) is 12.5 Å². The molecule has 1 atom stereocenters. The molecule has 0 amide bonds. The number of hydrazine groups is 1. The van der Waals surface area contributed by atoms with E-state index in [1.807, 2.05) is 0 Å². The molecule has 0 aliphatic carbocycles. The van der Waals surface area contributed by atoms with Crippen LogP contribution >= 0.6 is 11.6 Å². The molecule has 0 saturated carbocycles. The van der Waals surface area contributed by atoms with Gasteiger partial charge >= 0.3 is 0 Å². The highest BCUT2D eigenvalue weighted by Crippen LogP contribution is 2.27. The van der Waals surface area contributed by atoms with Gasteiger partial charge in [-0.3, -0.25) is 11.3 Å². The van der Waals surface area contributed by atoms with Gasteiger partial charge in [-0.05, 0) is 41.8 Å². The molecule has 3 N–H and O–H groups in total. The second-order valence-electron chi connectivity index (χ2n) is 4.56. The fraction of sp³-hybridized carbons (Fsp3) is 0.200. The Morgan fingerprint density at radius 1 is 1.24 bits per heavy atom. The Balaban J connectivity index is 2.24. The fourth-order valence-corrected chi connectivity index (χ4v) is 2.41. The zero-order chi connectivity index (χ0) is 15.4. The first-order valence-electron chi connectivity index (χ1n) is 6.28. The van der Waals surface area contributed by atoms with Gasteiger partial charge in [-0.25, -0.2) is 8.78 Å². The predicted octanol–water partition coefficient (Wildman–Crippen LogP) is 3.37. The summed E-state index contributed by atoms with van der Waals surface area (Å²) < 4.78 is 31.6. The number of ether oxygens (including phenoxy) is 1. The third-order valence-electron chi connectivity index (χ3n) is 3.20. The maximum Gasteiger partial charge on any atom is 0.165 e. The van der Waals surface area contributed by atoms with Gasteiger partial charge in [0.15, 0.2) is 11.6 Å². The molecule has 0 heterocycles. The highest BCUT2D eigenvalue weighted by Gasteiger charge is 2.15. The van der Waals surface area contributed by atoms with Crippen molar-refractivity contribution in [3.8, 4) is 5.75 Å². The predicted molar refractivity (Wildman–Crippen MR) is 78.1 cm³/mol. The molecule has 1 unspecified atom stereocenters. The lowest BCUT2D eigenvalue weighted by Gasteiger charge is -2.18. The number of nitrogens with two attached hydrogens (primary N) is 1. The van der Waals surface area contributed by atoms with Crippen LogP contribution in [0.15, 0.2) is 36.4 Å². The summed E-state index contributed by atoms with van der Waals surface area (Å²) in [5.41, 5.74) is 3.98. The van der Waals surface area contributed by atoms with Crippen LogP contribution in [0.3, 0.4) is 0 Å². The first-order chi connectivity index (χ1) is 10.0. The smallest absolute Gasteiger partial charge is 0.165 e. The topological polar surface area (TPSA) is 47.3 Å². The molecular weight excluding hydrogens is 298 g/mol. The minimum atomic E-state index is -0.448. The van der Waals surface area contributed by atoms with Crippen molar-refractivity contribution in [2.24, 2.45) is 5.84 Å². The number of benzene rings is 2. The van der Waals surface area contributed by atoms with E-state index in [1.165, 1.54) is 25.3 Å². The van der Waals surface area contributed by atoms with Crippen molar-refractivity contribution in [1.82, 2.24) is 5.43 Å². The molecule has 2 rings (SSSR count). The van der Waals surface area contributed by atoms with Gasteiger partial charge in [0.2, 0.25) is 0 Å². The molecule has 0 aliphatic rings. The SMILES string of the molecule is COc1ccc(CC(NN)c2ccc(F)cc2Cl)cc1F. The third kappa shape index (κ3) is 3.69. The molecule has 6 heteroatoms. The number of methoxy groups -OCH3 is 1. The van der Waals surface area contributed by atoms with Gasteiger partial charge in [-0.15, -0.1) is 0 Å². The lowest BCUT2D eigenvalue weighted by atomic mass is 9.99. The van der Waals surface area contributed by atoms with Crippen LogP contribution in [0.25, 0.3) is 0 Å². The number of halogens is 3. The van der Waals surface area contributed by atoms with Crippen LogP contribution < -0.4 is 16.0 Å². The van der Waals surface area contributed by atoms with Crippen molar-refractivity contribution in [3.05, 3.63) is 64.2 Å². The minimum absolute atomic E-state index is 0.177. The quantitative estimate of drug-likeness (QED) is 0.657. The van der Waals surface area contributed by atoms with Gasteiger partial charge in [0.05, 0.1) is 13.2 Å². The van der Waals surface area contributed by atoms with E-state index in [9.17, 15) is 8.78 Å². The first kappa shape index (κ1) is 15.7. The summed E-state index contributed by atoms with van der Waals surface area (Å²) in [4.78, 5) is 0. The zero-order valence-corrected chi connectivity index (χ0v) is 12.1. The zero-order valence-electron chi connectivity index (χ0n) is 11.4. The Morgan fingerprint density at radius 2 is 2.00 bits per heavy atom. The average molecular weight is 313 g/mol. The van der Waals surface area contributed by atoms with E-state index in [0.717, 1.165) is 5.56 Å². The standard InChI is InChI=1S/C15H15ClF2N2O/c1-21-15-5-2-9(6-13(15)18)7-14(20-19)11-4-3-10(17)8-12(11)16/h2-6,8,14,20H,7,19H2,1H3. The monoisotopic (exact) mass is 312 g/mol. The molecule has 0 fully saturated rings. The van der Waals surface area contributed by atoms with Crippen molar-refractivity contribution in [1.29, 1.82) is 0 Å². The highest BCUT2D eigenvalue weighted by atomic mass is 35.5. The Bertz CT molecular complexity index is 637. The highest BCUT2D eigenvalue weighted by molar-refractivity contribution is 6.31. The van der Waals surface area contributed by atoms with Crippen molar-refractivity contribution in [2.75, 3.05) is 7.11 Å². The van der Waals surface area contributed by atoms with Crippen LogP contribution in [-0.4, -0.2) is 7.11 Å². The molecule has 0 radical (unpaired) electrons. The van der Waals surface area contributed by atoms with Crippen LogP contribution in [-0.2, 0) is 6.42 Å². The van der Waals surface area contributed by atoms with Gasteiger partial charge in [0.1, 0.15) is 5.82 Å². The van der Waals surface area contributed by atoms with E-state index >= 15 is 0 Å². The van der Waals surface area contributed by atoms with E-state index in [1.54, 1.807) is 18.2 Å². The molecule has 0 spiro atoms. The summed E-state index contributed by atoms with van der Waals surface area (Å²) in [6.07, 6.45) is 0.406. The van der Waals surface area contributed by atoms with Crippen molar-refractivity contribution >= 4 is 11.6 Å². The molecule has 0 aliphatic heterocycles. The Kier molecular flexibility index (Phi) is 5.12. The van der Waals surface area contributed by atoms with Crippen molar-refractivity contribution < 1.29 is 13.5 Å². The van der Waals surface area contributed by atoms with E-state index in [4.69, 9.17) is 22.2 Å². The lowest BCUT2D eigenvalue weighted by molar-refractivity contribution is 0.386. The second kappa shape index (κ2) is 6.85. The van der Waals surface area contributed by atoms with Crippen molar-refractivity contribution in [3.63, 3.8) is 0 Å². The van der Waals surface area contributed by atoms with E-state index in [2.05, 4.69) is 5.43 Å². The van der Waals surface area contributed by atoms with Gasteiger partial charge in [-0.2, -0.15) is 0 Å². The average Bonchev–Trinajstić information content (AvgIpc) is 2.45. The maximum atomic E-state index is 13.7. The summed E-state index contributed by atoms with van der Waals surface area (Å²) in [6, 6.07) is 8.39. The number of nitrogens with one attached hydrogen (secondary N) is 1. The molecule has 0 bridgehead atoms. The summed E-state index contributed by atoms with van der Waals surface area (Å²) in [5.74, 6) is 4.84. The molecule has 0 aromatic heterocycles.